The van der Waals surface area contributed by atoms with Gasteiger partial charge in [0.2, 0.25) is 0 Å². The van der Waals surface area contributed by atoms with Gasteiger partial charge in [-0.3, -0.25) is 4.79 Å². The molecule has 0 radical (unpaired) electrons. The van der Waals surface area contributed by atoms with Crippen LogP contribution in [-0.4, -0.2) is 49.1 Å². The minimum Gasteiger partial charge on any atom is -0.295 e. The minimum atomic E-state index is -1.94. The fourth-order valence-electron chi connectivity index (χ4n) is 5.64. The minimum absolute atomic E-state index is 0.690. The molecule has 0 heterocycles. The van der Waals surface area contributed by atoms with Crippen molar-refractivity contribution in [2.24, 2.45) is 0 Å². The molecule has 116 valence electrons. The predicted molar refractivity (Wildman–Crippen MR) is 88.1 cm³/mol. The van der Waals surface area contributed by atoms with Crippen LogP contribution >= 0.6 is 116 Å². The second kappa shape index (κ2) is 2.96. The first-order valence-corrected chi connectivity index (χ1v) is 9.37. The molecular weight excluding hydrogens is 491 g/mol. The summed E-state index contributed by atoms with van der Waals surface area (Å²) >= 11 is 65.7. The van der Waals surface area contributed by atoms with Crippen LogP contribution in [0.1, 0.15) is 0 Å². The highest BCUT2D eigenvalue weighted by Crippen LogP contribution is 3.09. The summed E-state index contributed by atoms with van der Waals surface area (Å²) in [6, 6.07) is 0. The Morgan fingerprint density at radius 1 is 0.476 bits per heavy atom. The van der Waals surface area contributed by atoms with Crippen molar-refractivity contribution in [3.8, 4) is 0 Å². The Morgan fingerprint density at radius 3 is 0.952 bits per heavy atom. The molecule has 4 unspecified atom stereocenters. The zero-order valence-electron chi connectivity index (χ0n) is 9.19. The van der Waals surface area contributed by atoms with Gasteiger partial charge in [0.1, 0.15) is 29.2 Å². The number of rotatable bonds is 0. The van der Waals surface area contributed by atoms with Gasteiger partial charge in [-0.25, -0.2) is 0 Å². The van der Waals surface area contributed by atoms with Crippen molar-refractivity contribution in [2.45, 2.75) is 43.3 Å². The maximum atomic E-state index is 12.8. The largest absolute Gasteiger partial charge is 0.295 e. The summed E-state index contributed by atoms with van der Waals surface area (Å²) in [7, 11) is 0. The topological polar surface area (TPSA) is 17.1 Å². The zero-order chi connectivity index (χ0) is 16.1. The van der Waals surface area contributed by atoms with Crippen LogP contribution in [0.25, 0.3) is 0 Å². The van der Waals surface area contributed by atoms with Crippen LogP contribution in [0.15, 0.2) is 0 Å². The van der Waals surface area contributed by atoms with E-state index in [-0.39, 0.29) is 0 Å². The highest BCUT2D eigenvalue weighted by atomic mass is 35.5. The lowest BCUT2D eigenvalue weighted by molar-refractivity contribution is -0.122. The van der Waals surface area contributed by atoms with Gasteiger partial charge in [-0.2, -0.15) is 0 Å². The Bertz CT molecular complexity index is 631. The lowest BCUT2D eigenvalue weighted by atomic mass is 9.41. The molecule has 0 amide bonds. The first-order chi connectivity index (χ1) is 9.15. The summed E-state index contributed by atoms with van der Waals surface area (Å²) in [5.74, 6) is -0.690. The summed E-state index contributed by atoms with van der Waals surface area (Å²) in [4.78, 5) is -2.01. The predicted octanol–water partition coefficient (Wildman–Crippen LogP) is 4.62. The van der Waals surface area contributed by atoms with E-state index >= 15 is 0 Å². The fraction of sp³-hybridized carbons (Fsp3) is 0.900. The Morgan fingerprint density at radius 2 is 0.714 bits per heavy atom. The number of hydrogen-bond acceptors (Lipinski definition) is 1. The smallest absolute Gasteiger partial charge is 0.182 e. The van der Waals surface area contributed by atoms with E-state index in [1.54, 1.807) is 0 Å². The summed E-state index contributed by atoms with van der Waals surface area (Å²) in [6.07, 6.45) is 0. The molecule has 0 saturated heterocycles. The molecule has 6 aliphatic carbocycles. The second-order valence-corrected chi connectivity index (χ2v) is 12.0. The lowest BCUT2D eigenvalue weighted by Crippen LogP contribution is -3.03. The highest BCUT2D eigenvalue weighted by Gasteiger charge is 3.30. The van der Waals surface area contributed by atoms with E-state index in [1.165, 1.54) is 0 Å². The molecule has 0 aliphatic heterocycles. The van der Waals surface area contributed by atoms with Crippen molar-refractivity contribution in [1.29, 1.82) is 0 Å². The molecule has 6 fully saturated rings. The molecule has 0 aromatic rings. The van der Waals surface area contributed by atoms with Crippen LogP contribution in [0.5, 0.6) is 0 Å². The van der Waals surface area contributed by atoms with Gasteiger partial charge < -0.3 is 0 Å². The highest BCUT2D eigenvalue weighted by molar-refractivity contribution is 6.83. The van der Waals surface area contributed by atoms with Gasteiger partial charge >= 0.3 is 0 Å². The standard InChI is InChI=1S/C10Cl10O/c11-2-1(21)3(12)6(15)4(2,13)8(17)5(2,14)7(3,16)9(6,18)10(8,19)20/t2?,3?,4-,5-,6-,7+,8?,9?/m1/s1. The Labute approximate surface area is 168 Å². The summed E-state index contributed by atoms with van der Waals surface area (Å²) in [5.41, 5.74) is 0. The normalized spacial score (nSPS) is 81.0. The maximum Gasteiger partial charge on any atom is 0.182 e. The van der Waals surface area contributed by atoms with E-state index in [1.807, 2.05) is 0 Å². The lowest BCUT2D eigenvalue weighted by Gasteiger charge is -2.80. The number of carbonyl (C=O) groups is 1. The van der Waals surface area contributed by atoms with Gasteiger partial charge in [-0.05, 0) is 0 Å². The molecule has 0 spiro atoms. The van der Waals surface area contributed by atoms with Crippen molar-refractivity contribution in [3.05, 3.63) is 0 Å². The van der Waals surface area contributed by atoms with Crippen LogP contribution in [0.2, 0.25) is 0 Å². The van der Waals surface area contributed by atoms with E-state index in [9.17, 15) is 4.79 Å². The van der Waals surface area contributed by atoms with Crippen molar-refractivity contribution in [2.75, 3.05) is 0 Å². The third-order valence-corrected chi connectivity index (χ3v) is 15.3. The molecule has 6 aliphatic rings. The number of hydrogen-bond donors (Lipinski definition) is 0. The van der Waals surface area contributed by atoms with Crippen molar-refractivity contribution < 1.29 is 4.79 Å². The number of alkyl halides is 10. The summed E-state index contributed by atoms with van der Waals surface area (Å²) in [6.45, 7) is 0. The number of carbonyl (C=O) groups excluding carboxylic acids is 1. The molecule has 21 heavy (non-hydrogen) atoms. The monoisotopic (exact) mass is 486 g/mol. The van der Waals surface area contributed by atoms with Crippen LogP contribution in [0, 0.1) is 0 Å². The van der Waals surface area contributed by atoms with E-state index < -0.39 is 49.1 Å². The van der Waals surface area contributed by atoms with Gasteiger partial charge in [0.05, 0.1) is 0 Å². The average molecular weight is 491 g/mol. The van der Waals surface area contributed by atoms with E-state index in [4.69, 9.17) is 116 Å². The maximum absolute atomic E-state index is 12.8. The van der Waals surface area contributed by atoms with E-state index in [2.05, 4.69) is 0 Å². The Balaban J connectivity index is 2.08. The van der Waals surface area contributed by atoms with Crippen molar-refractivity contribution >= 4 is 122 Å². The molecule has 0 aromatic carbocycles. The molecule has 8 atom stereocenters. The van der Waals surface area contributed by atoms with Crippen LogP contribution < -0.4 is 0 Å². The third-order valence-electron chi connectivity index (χ3n) is 6.24. The Kier molecular flexibility index (Phi) is 2.23. The van der Waals surface area contributed by atoms with Gasteiger partial charge in [-0.1, -0.05) is 23.2 Å². The quantitative estimate of drug-likeness (QED) is 0.453. The first-order valence-electron chi connectivity index (χ1n) is 5.59. The van der Waals surface area contributed by atoms with Gasteiger partial charge in [0, 0.05) is 0 Å². The van der Waals surface area contributed by atoms with Crippen LogP contribution in [0.4, 0.5) is 0 Å². The van der Waals surface area contributed by atoms with E-state index in [0.29, 0.717) is 0 Å². The zero-order valence-corrected chi connectivity index (χ0v) is 16.7. The van der Waals surface area contributed by atoms with Crippen LogP contribution in [-0.2, 0) is 4.79 Å². The molecule has 11 heteroatoms. The van der Waals surface area contributed by atoms with Crippen molar-refractivity contribution in [3.63, 3.8) is 0 Å². The number of Topliss-reactive ketones (excluding diaryl/α,β-unsaturated/α-hetero) is 1. The summed E-state index contributed by atoms with van der Waals surface area (Å²) in [5, 5.41) is 0. The number of halogens is 10. The molecule has 1 nitrogen and oxygen atoms in total. The Hall–Kier alpha value is 2.57. The molecule has 4 bridgehead atoms. The SMILES string of the molecule is O=C1C2(Cl)[C@@]3(Cl)C4(Cl)C(Cl)(Cl)C5(Cl)[C@@]3(Cl)C1(Cl)[C@@]5(Cl)[C@]24Cl. The average Bonchev–Trinajstić information content (AvgIpc) is 2.64. The van der Waals surface area contributed by atoms with Gasteiger partial charge in [0.15, 0.2) is 19.9 Å². The molecule has 0 aromatic heterocycles. The first kappa shape index (κ1) is 15.8. The molecular formula is C10Cl10O. The number of ketones is 1. The van der Waals surface area contributed by atoms with Gasteiger partial charge in [0.25, 0.3) is 0 Å². The molecule has 6 saturated carbocycles. The molecule has 6 rings (SSSR count). The molecule has 0 N–H and O–H groups in total. The van der Waals surface area contributed by atoms with Crippen LogP contribution in [0.3, 0.4) is 0 Å². The third kappa shape index (κ3) is 0.636. The van der Waals surface area contributed by atoms with Gasteiger partial charge in [-0.15, -0.1) is 92.8 Å². The second-order valence-electron chi connectivity index (χ2n) is 6.17. The summed E-state index contributed by atoms with van der Waals surface area (Å²) < 4.78 is -1.94. The van der Waals surface area contributed by atoms with E-state index in [0.717, 1.165) is 0 Å². The van der Waals surface area contributed by atoms with Crippen molar-refractivity contribution in [1.82, 2.24) is 0 Å². The fourth-order valence-corrected chi connectivity index (χ4v) is 14.0.